The lowest BCUT2D eigenvalue weighted by Gasteiger charge is -2.13. The maximum absolute atomic E-state index is 12.1. The molecule has 0 bridgehead atoms. The van der Waals surface area contributed by atoms with Gasteiger partial charge in [0.05, 0.1) is 29.7 Å². The summed E-state index contributed by atoms with van der Waals surface area (Å²) in [6.45, 7) is -0.389. The average molecular weight is 298 g/mol. The Morgan fingerprint density at radius 1 is 1.40 bits per heavy atom. The fourth-order valence-corrected chi connectivity index (χ4v) is 3.31. The third kappa shape index (κ3) is 2.08. The molecule has 0 unspecified atom stereocenters. The van der Waals surface area contributed by atoms with Gasteiger partial charge in [0.15, 0.2) is 5.65 Å². The van der Waals surface area contributed by atoms with E-state index in [1.807, 2.05) is 0 Å². The molecule has 3 heterocycles. The van der Waals surface area contributed by atoms with E-state index in [0.717, 1.165) is 11.3 Å². The molecule has 0 spiro atoms. The van der Waals surface area contributed by atoms with Crippen LogP contribution in [0, 0.1) is 0 Å². The number of hydrogen-bond donors (Lipinski definition) is 3. The zero-order valence-electron chi connectivity index (χ0n) is 10.5. The number of fused-ring (bicyclic) bond motifs is 1. The van der Waals surface area contributed by atoms with Gasteiger partial charge in [-0.05, 0) is 12.8 Å². The van der Waals surface area contributed by atoms with Gasteiger partial charge >= 0.3 is 4.87 Å². The fraction of sp³-hybridized carbons (Fsp3) is 0.545. The van der Waals surface area contributed by atoms with E-state index >= 15 is 0 Å². The SMILES string of the molecule is Nc1nc(CO)c2sc(=O)n([C@H]3CC[C@@H](CO)O3)c2n1. The van der Waals surface area contributed by atoms with Crippen LogP contribution in [0.5, 0.6) is 0 Å². The first-order valence-corrected chi connectivity index (χ1v) is 7.00. The molecular formula is C11H14N4O4S. The number of thiazole rings is 1. The number of aliphatic hydroxyl groups excluding tert-OH is 2. The Bertz CT molecular complexity index is 698. The molecule has 0 aromatic carbocycles. The molecule has 1 fully saturated rings. The molecule has 4 N–H and O–H groups in total. The Balaban J connectivity index is 2.14. The summed E-state index contributed by atoms with van der Waals surface area (Å²) in [5.41, 5.74) is 6.32. The van der Waals surface area contributed by atoms with E-state index in [1.54, 1.807) is 0 Å². The summed E-state index contributed by atoms with van der Waals surface area (Å²) in [6, 6.07) is 0. The molecule has 1 saturated heterocycles. The predicted molar refractivity (Wildman–Crippen MR) is 72.2 cm³/mol. The highest BCUT2D eigenvalue weighted by Crippen LogP contribution is 2.31. The molecule has 1 aliphatic heterocycles. The van der Waals surface area contributed by atoms with Crippen LogP contribution in [0.25, 0.3) is 10.3 Å². The Kier molecular flexibility index (Phi) is 3.42. The van der Waals surface area contributed by atoms with Crippen molar-refractivity contribution in [3.05, 3.63) is 15.4 Å². The summed E-state index contributed by atoms with van der Waals surface area (Å²) in [5, 5.41) is 18.4. The second kappa shape index (κ2) is 5.09. The van der Waals surface area contributed by atoms with Crippen molar-refractivity contribution in [1.82, 2.24) is 14.5 Å². The monoisotopic (exact) mass is 298 g/mol. The van der Waals surface area contributed by atoms with Gasteiger partial charge < -0.3 is 20.7 Å². The Morgan fingerprint density at radius 2 is 2.20 bits per heavy atom. The van der Waals surface area contributed by atoms with Gasteiger partial charge in [-0.2, -0.15) is 4.98 Å². The lowest BCUT2D eigenvalue weighted by atomic mass is 10.2. The molecule has 8 nitrogen and oxygen atoms in total. The summed E-state index contributed by atoms with van der Waals surface area (Å²) in [7, 11) is 0. The Hall–Kier alpha value is -1.55. The van der Waals surface area contributed by atoms with Crippen molar-refractivity contribution in [3.63, 3.8) is 0 Å². The van der Waals surface area contributed by atoms with Crippen LogP contribution in [0.15, 0.2) is 4.79 Å². The molecule has 0 aliphatic carbocycles. The van der Waals surface area contributed by atoms with Gasteiger partial charge in [-0.3, -0.25) is 9.36 Å². The van der Waals surface area contributed by atoms with Crippen molar-refractivity contribution >= 4 is 27.6 Å². The standard InChI is InChI=1S/C11H14N4O4S/c12-10-13-6(4-17)8-9(14-10)15(11(18)20-8)7-2-1-5(3-16)19-7/h5,7,16-17H,1-4H2,(H2,12,13,14)/t5-,7+/m0/s1. The van der Waals surface area contributed by atoms with Gasteiger partial charge in [0.2, 0.25) is 5.95 Å². The lowest BCUT2D eigenvalue weighted by molar-refractivity contribution is -0.0214. The van der Waals surface area contributed by atoms with E-state index in [-0.39, 0.29) is 30.1 Å². The largest absolute Gasteiger partial charge is 0.394 e. The third-order valence-electron chi connectivity index (χ3n) is 3.28. The molecule has 0 amide bonds. The maximum Gasteiger partial charge on any atom is 0.311 e. The third-order valence-corrected chi connectivity index (χ3v) is 4.27. The minimum Gasteiger partial charge on any atom is -0.394 e. The normalized spacial score (nSPS) is 22.7. The molecule has 2 atom stereocenters. The van der Waals surface area contributed by atoms with Crippen LogP contribution in [-0.2, 0) is 11.3 Å². The van der Waals surface area contributed by atoms with Crippen LogP contribution >= 0.6 is 11.3 Å². The number of nitrogens with two attached hydrogens (primary N) is 1. The molecule has 20 heavy (non-hydrogen) atoms. The topological polar surface area (TPSA) is 123 Å². The van der Waals surface area contributed by atoms with Crippen molar-refractivity contribution in [1.29, 1.82) is 0 Å². The van der Waals surface area contributed by atoms with Gasteiger partial charge in [-0.25, -0.2) is 4.98 Å². The van der Waals surface area contributed by atoms with Crippen LogP contribution in [0.4, 0.5) is 5.95 Å². The molecule has 9 heteroatoms. The first-order valence-electron chi connectivity index (χ1n) is 6.18. The summed E-state index contributed by atoms with van der Waals surface area (Å²) in [5.74, 6) is 0.00445. The van der Waals surface area contributed by atoms with Crippen LogP contribution < -0.4 is 10.6 Å². The summed E-state index contributed by atoms with van der Waals surface area (Å²) in [4.78, 5) is 19.9. The Morgan fingerprint density at radius 3 is 2.85 bits per heavy atom. The smallest absolute Gasteiger partial charge is 0.311 e. The number of nitrogen functional groups attached to an aromatic ring is 1. The maximum atomic E-state index is 12.1. The summed E-state index contributed by atoms with van der Waals surface area (Å²) < 4.78 is 7.55. The molecule has 1 aliphatic rings. The highest BCUT2D eigenvalue weighted by molar-refractivity contribution is 7.16. The van der Waals surface area contributed by atoms with Crippen molar-refractivity contribution in [2.45, 2.75) is 31.8 Å². The van der Waals surface area contributed by atoms with Gasteiger partial charge in [0.1, 0.15) is 6.23 Å². The van der Waals surface area contributed by atoms with Crippen LogP contribution in [-0.4, -0.2) is 37.5 Å². The second-order valence-corrected chi connectivity index (χ2v) is 5.51. The van der Waals surface area contributed by atoms with Crippen molar-refractivity contribution in [2.75, 3.05) is 12.3 Å². The molecule has 108 valence electrons. The number of hydrogen-bond acceptors (Lipinski definition) is 8. The number of anilines is 1. The number of ether oxygens (including phenoxy) is 1. The van der Waals surface area contributed by atoms with E-state index in [1.165, 1.54) is 4.57 Å². The van der Waals surface area contributed by atoms with E-state index < -0.39 is 6.23 Å². The van der Waals surface area contributed by atoms with E-state index in [0.29, 0.717) is 28.9 Å². The lowest BCUT2D eigenvalue weighted by Crippen LogP contribution is -2.21. The Labute approximate surface area is 117 Å². The second-order valence-electron chi connectivity index (χ2n) is 4.55. The van der Waals surface area contributed by atoms with E-state index in [2.05, 4.69) is 9.97 Å². The molecule has 0 saturated carbocycles. The number of rotatable bonds is 3. The number of nitrogens with zero attached hydrogens (tertiary/aromatic N) is 3. The van der Waals surface area contributed by atoms with Gasteiger partial charge in [0.25, 0.3) is 0 Å². The molecular weight excluding hydrogens is 284 g/mol. The predicted octanol–water partition coefficient (Wildman–Crippen LogP) is -0.403. The van der Waals surface area contributed by atoms with Gasteiger partial charge in [0, 0.05) is 0 Å². The van der Waals surface area contributed by atoms with Crippen molar-refractivity contribution in [3.8, 4) is 0 Å². The van der Waals surface area contributed by atoms with Gasteiger partial charge in [-0.15, -0.1) is 0 Å². The molecule has 2 aromatic rings. The van der Waals surface area contributed by atoms with E-state index in [9.17, 15) is 9.90 Å². The zero-order chi connectivity index (χ0) is 14.3. The van der Waals surface area contributed by atoms with Crippen molar-refractivity contribution in [2.24, 2.45) is 0 Å². The quantitative estimate of drug-likeness (QED) is 0.704. The first-order chi connectivity index (χ1) is 9.63. The van der Waals surface area contributed by atoms with Crippen LogP contribution in [0.1, 0.15) is 24.8 Å². The average Bonchev–Trinajstić information content (AvgIpc) is 3.01. The van der Waals surface area contributed by atoms with Gasteiger partial charge in [-0.1, -0.05) is 11.3 Å². The fourth-order valence-electron chi connectivity index (χ4n) is 2.37. The van der Waals surface area contributed by atoms with Crippen LogP contribution in [0.2, 0.25) is 0 Å². The van der Waals surface area contributed by atoms with E-state index in [4.69, 9.17) is 15.6 Å². The van der Waals surface area contributed by atoms with Crippen molar-refractivity contribution < 1.29 is 14.9 Å². The van der Waals surface area contributed by atoms with Crippen LogP contribution in [0.3, 0.4) is 0 Å². The zero-order valence-corrected chi connectivity index (χ0v) is 11.3. The molecule has 3 rings (SSSR count). The molecule has 0 radical (unpaired) electrons. The minimum absolute atomic E-state index is 0.00445. The molecule has 2 aromatic heterocycles. The summed E-state index contributed by atoms with van der Waals surface area (Å²) >= 11 is 0.959. The summed E-state index contributed by atoms with van der Waals surface area (Å²) in [6.07, 6.45) is 0.570. The highest BCUT2D eigenvalue weighted by Gasteiger charge is 2.29. The minimum atomic E-state index is -0.464. The number of aliphatic hydroxyl groups is 2. The number of aromatic nitrogens is 3. The first kappa shape index (κ1) is 13.4. The highest BCUT2D eigenvalue weighted by atomic mass is 32.1.